The number of Topliss-reactive ketones (excluding diaryl/α,β-unsaturated/α-hetero) is 1. The first-order chi connectivity index (χ1) is 11.9. The van der Waals surface area contributed by atoms with Crippen LogP contribution in [0.1, 0.15) is 49.2 Å². The Hall–Kier alpha value is -2.69. The molecule has 1 N–H and O–H groups in total. The van der Waals surface area contributed by atoms with Gasteiger partial charge >= 0.3 is 0 Å². The maximum atomic E-state index is 13.0. The lowest BCUT2D eigenvalue weighted by molar-refractivity contribution is -0.127. The zero-order valence-corrected chi connectivity index (χ0v) is 14.6. The Morgan fingerprint density at radius 2 is 1.64 bits per heavy atom. The average molecular weight is 343 g/mol. The van der Waals surface area contributed by atoms with Crippen LogP contribution in [0.4, 0.5) is 4.39 Å². The van der Waals surface area contributed by atoms with Crippen LogP contribution in [0.5, 0.6) is 5.75 Å². The molecule has 4 nitrogen and oxygen atoms in total. The van der Waals surface area contributed by atoms with E-state index in [1.807, 2.05) is 6.92 Å². The molecule has 0 radical (unpaired) electrons. The van der Waals surface area contributed by atoms with Crippen molar-refractivity contribution in [2.45, 2.75) is 39.3 Å². The van der Waals surface area contributed by atoms with Gasteiger partial charge in [-0.3, -0.25) is 9.59 Å². The van der Waals surface area contributed by atoms with Crippen LogP contribution in [0.3, 0.4) is 0 Å². The molecule has 0 aliphatic rings. The van der Waals surface area contributed by atoms with E-state index in [9.17, 15) is 14.0 Å². The van der Waals surface area contributed by atoms with Gasteiger partial charge in [-0.25, -0.2) is 4.39 Å². The summed E-state index contributed by atoms with van der Waals surface area (Å²) in [4.78, 5) is 23.9. The number of carbonyl (C=O) groups excluding carboxylic acids is 2. The van der Waals surface area contributed by atoms with E-state index in [0.29, 0.717) is 17.7 Å². The molecule has 25 heavy (non-hydrogen) atoms. The molecule has 0 saturated carbocycles. The normalized spacial score (nSPS) is 13.0. The van der Waals surface area contributed by atoms with Crippen molar-refractivity contribution in [3.8, 4) is 5.75 Å². The fourth-order valence-corrected chi connectivity index (χ4v) is 2.35. The van der Waals surface area contributed by atoms with Crippen LogP contribution in [0.25, 0.3) is 0 Å². The summed E-state index contributed by atoms with van der Waals surface area (Å²) in [5.41, 5.74) is 1.43. The molecule has 1 amide bonds. The van der Waals surface area contributed by atoms with Gasteiger partial charge in [0, 0.05) is 12.0 Å². The Labute approximate surface area is 147 Å². The highest BCUT2D eigenvalue weighted by molar-refractivity contribution is 5.95. The average Bonchev–Trinajstić information content (AvgIpc) is 2.62. The van der Waals surface area contributed by atoms with E-state index in [0.717, 1.165) is 5.56 Å². The molecule has 0 fully saturated rings. The first-order valence-corrected chi connectivity index (χ1v) is 8.26. The predicted octanol–water partition coefficient (Wildman–Crippen LogP) is 4.06. The van der Waals surface area contributed by atoms with Crippen molar-refractivity contribution in [2.75, 3.05) is 0 Å². The fraction of sp³-hybridized carbons (Fsp3) is 0.300. The molecular formula is C20H22FNO3. The summed E-state index contributed by atoms with van der Waals surface area (Å²) < 4.78 is 18.6. The largest absolute Gasteiger partial charge is 0.481 e. The molecule has 0 aromatic heterocycles. The van der Waals surface area contributed by atoms with Gasteiger partial charge < -0.3 is 10.1 Å². The minimum atomic E-state index is -0.698. The maximum Gasteiger partial charge on any atom is 0.261 e. The van der Waals surface area contributed by atoms with Crippen LogP contribution in [-0.4, -0.2) is 17.8 Å². The second kappa shape index (κ2) is 8.42. The standard InChI is InChI=1S/C20H22FNO3/c1-4-19(23)16-7-11-18(12-8-16)25-14(3)20(24)22-13(2)15-5-9-17(21)10-6-15/h5-14H,4H2,1-3H3,(H,22,24)/t13-,14+/m0/s1. The fourth-order valence-electron chi connectivity index (χ4n) is 2.35. The number of amides is 1. The number of hydrogen-bond acceptors (Lipinski definition) is 3. The van der Waals surface area contributed by atoms with Crippen LogP contribution in [0.15, 0.2) is 48.5 Å². The second-order valence-corrected chi connectivity index (χ2v) is 5.84. The topological polar surface area (TPSA) is 55.4 Å². The van der Waals surface area contributed by atoms with Gasteiger partial charge in [0.1, 0.15) is 11.6 Å². The molecule has 2 aromatic rings. The highest BCUT2D eigenvalue weighted by atomic mass is 19.1. The molecule has 132 valence electrons. The highest BCUT2D eigenvalue weighted by Gasteiger charge is 2.18. The Kier molecular flexibility index (Phi) is 6.28. The zero-order chi connectivity index (χ0) is 18.4. The van der Waals surface area contributed by atoms with E-state index in [1.54, 1.807) is 50.2 Å². The predicted molar refractivity (Wildman–Crippen MR) is 94.1 cm³/mol. The number of halogens is 1. The van der Waals surface area contributed by atoms with Crippen LogP contribution in [0, 0.1) is 5.82 Å². The molecule has 2 aromatic carbocycles. The van der Waals surface area contributed by atoms with Gasteiger partial charge in [0.05, 0.1) is 6.04 Å². The van der Waals surface area contributed by atoms with Crippen molar-refractivity contribution in [1.29, 1.82) is 0 Å². The molecule has 2 rings (SSSR count). The van der Waals surface area contributed by atoms with Crippen molar-refractivity contribution < 1.29 is 18.7 Å². The van der Waals surface area contributed by atoms with Crippen LogP contribution < -0.4 is 10.1 Å². The highest BCUT2D eigenvalue weighted by Crippen LogP contribution is 2.16. The molecule has 0 aliphatic carbocycles. The van der Waals surface area contributed by atoms with Crippen molar-refractivity contribution in [3.63, 3.8) is 0 Å². The molecule has 0 unspecified atom stereocenters. The van der Waals surface area contributed by atoms with Gasteiger partial charge in [-0.2, -0.15) is 0 Å². The van der Waals surface area contributed by atoms with Crippen LogP contribution >= 0.6 is 0 Å². The van der Waals surface area contributed by atoms with Crippen LogP contribution in [0.2, 0.25) is 0 Å². The number of benzene rings is 2. The Morgan fingerprint density at radius 1 is 1.04 bits per heavy atom. The Balaban J connectivity index is 1.93. The molecule has 2 atom stereocenters. The quantitative estimate of drug-likeness (QED) is 0.771. The smallest absolute Gasteiger partial charge is 0.261 e. The number of nitrogens with one attached hydrogen (secondary N) is 1. The van der Waals surface area contributed by atoms with Crippen molar-refractivity contribution in [1.82, 2.24) is 5.32 Å². The first-order valence-electron chi connectivity index (χ1n) is 8.26. The van der Waals surface area contributed by atoms with E-state index in [4.69, 9.17) is 4.74 Å². The lowest BCUT2D eigenvalue weighted by Crippen LogP contribution is -2.37. The third kappa shape index (κ3) is 5.14. The third-order valence-electron chi connectivity index (χ3n) is 3.91. The summed E-state index contributed by atoms with van der Waals surface area (Å²) in [5.74, 6) is -0.00952. The molecule has 0 saturated heterocycles. The minimum Gasteiger partial charge on any atom is -0.481 e. The molecule has 0 heterocycles. The van der Waals surface area contributed by atoms with E-state index < -0.39 is 6.10 Å². The lowest BCUT2D eigenvalue weighted by Gasteiger charge is -2.19. The number of hydrogen-bond donors (Lipinski definition) is 1. The second-order valence-electron chi connectivity index (χ2n) is 5.84. The van der Waals surface area contributed by atoms with Crippen LogP contribution in [-0.2, 0) is 4.79 Å². The minimum absolute atomic E-state index is 0.0606. The molecule has 0 aliphatic heterocycles. The Bertz CT molecular complexity index is 726. The van der Waals surface area contributed by atoms with Gasteiger partial charge in [-0.1, -0.05) is 19.1 Å². The summed E-state index contributed by atoms with van der Waals surface area (Å²) in [6.45, 7) is 5.28. The van der Waals surface area contributed by atoms with Gasteiger partial charge in [-0.15, -0.1) is 0 Å². The number of ketones is 1. The summed E-state index contributed by atoms with van der Waals surface area (Å²) >= 11 is 0. The third-order valence-corrected chi connectivity index (χ3v) is 3.91. The number of carbonyl (C=O) groups is 2. The summed E-state index contributed by atoms with van der Waals surface area (Å²) in [7, 11) is 0. The zero-order valence-electron chi connectivity index (χ0n) is 14.6. The van der Waals surface area contributed by atoms with Gasteiger partial charge in [-0.05, 0) is 55.8 Å². The van der Waals surface area contributed by atoms with E-state index in [2.05, 4.69) is 5.32 Å². The lowest BCUT2D eigenvalue weighted by atomic mass is 10.1. The van der Waals surface area contributed by atoms with Crippen molar-refractivity contribution in [2.24, 2.45) is 0 Å². The molecular weight excluding hydrogens is 321 g/mol. The molecule has 0 spiro atoms. The van der Waals surface area contributed by atoms with Gasteiger partial charge in [0.25, 0.3) is 5.91 Å². The monoisotopic (exact) mass is 343 g/mol. The van der Waals surface area contributed by atoms with Gasteiger partial charge in [0.2, 0.25) is 0 Å². The summed E-state index contributed by atoms with van der Waals surface area (Å²) in [6.07, 6.45) is -0.254. The van der Waals surface area contributed by atoms with E-state index >= 15 is 0 Å². The number of ether oxygens (including phenoxy) is 1. The van der Waals surface area contributed by atoms with Gasteiger partial charge in [0.15, 0.2) is 11.9 Å². The maximum absolute atomic E-state index is 13.0. The first kappa shape index (κ1) is 18.6. The van der Waals surface area contributed by atoms with E-state index in [1.165, 1.54) is 12.1 Å². The Morgan fingerprint density at radius 3 is 2.20 bits per heavy atom. The van der Waals surface area contributed by atoms with E-state index in [-0.39, 0.29) is 23.5 Å². The molecule has 0 bridgehead atoms. The summed E-state index contributed by atoms with van der Waals surface area (Å²) in [5, 5.41) is 2.83. The van der Waals surface area contributed by atoms with Crippen molar-refractivity contribution >= 4 is 11.7 Å². The SMILES string of the molecule is CCC(=O)c1ccc(O[C@H](C)C(=O)N[C@@H](C)c2ccc(F)cc2)cc1. The molecule has 5 heteroatoms. The number of rotatable bonds is 7. The van der Waals surface area contributed by atoms with Crippen molar-refractivity contribution in [3.05, 3.63) is 65.5 Å². The summed E-state index contributed by atoms with van der Waals surface area (Å²) in [6, 6.07) is 12.5.